The van der Waals surface area contributed by atoms with Crippen LogP contribution in [0, 0.1) is 6.92 Å². The molecule has 0 radical (unpaired) electrons. The Labute approximate surface area is 148 Å². The minimum atomic E-state index is -0.187. The van der Waals surface area contributed by atoms with E-state index in [1.54, 1.807) is 23.1 Å². The van der Waals surface area contributed by atoms with Crippen LogP contribution in [0.5, 0.6) is 0 Å². The Bertz CT molecular complexity index is 640. The molecule has 24 heavy (non-hydrogen) atoms. The van der Waals surface area contributed by atoms with E-state index in [2.05, 4.69) is 11.4 Å². The van der Waals surface area contributed by atoms with Crippen LogP contribution < -0.4 is 5.32 Å². The van der Waals surface area contributed by atoms with E-state index in [-0.39, 0.29) is 18.4 Å². The van der Waals surface area contributed by atoms with Crippen molar-refractivity contribution < 1.29 is 9.59 Å². The van der Waals surface area contributed by atoms with Gasteiger partial charge in [-0.15, -0.1) is 0 Å². The van der Waals surface area contributed by atoms with Crippen LogP contribution >= 0.6 is 11.6 Å². The first-order valence-electron chi connectivity index (χ1n) is 8.45. The van der Waals surface area contributed by atoms with Crippen LogP contribution in [0.2, 0.25) is 5.02 Å². The van der Waals surface area contributed by atoms with Gasteiger partial charge in [0.1, 0.15) is 0 Å². The number of nitrogens with one attached hydrogen (secondary N) is 1. The molecule has 2 rings (SSSR count). The maximum atomic E-state index is 12.3. The van der Waals surface area contributed by atoms with Gasteiger partial charge < -0.3 is 10.2 Å². The summed E-state index contributed by atoms with van der Waals surface area (Å²) in [5.74, 6) is -0.261. The highest BCUT2D eigenvalue weighted by molar-refractivity contribution is 6.30. The Balaban J connectivity index is 1.90. The van der Waals surface area contributed by atoms with Crippen molar-refractivity contribution in [3.8, 4) is 0 Å². The zero-order valence-corrected chi connectivity index (χ0v) is 15.2. The predicted octanol–water partition coefficient (Wildman–Crippen LogP) is 4.33. The minimum absolute atomic E-state index is 0.0741. The summed E-state index contributed by atoms with van der Waals surface area (Å²) in [6.45, 7) is 4.06. The molecule has 0 fully saturated rings. The highest BCUT2D eigenvalue weighted by Crippen LogP contribution is 2.21. The van der Waals surface area contributed by atoms with E-state index in [0.29, 0.717) is 11.6 Å². The second-order valence-electron chi connectivity index (χ2n) is 6.31. The van der Waals surface area contributed by atoms with Gasteiger partial charge >= 0.3 is 0 Å². The molecule has 0 bridgehead atoms. The third kappa shape index (κ3) is 5.68. The Hall–Kier alpha value is -1.81. The maximum absolute atomic E-state index is 12.3. The summed E-state index contributed by atoms with van der Waals surface area (Å²) in [6.07, 6.45) is 7.85. The van der Waals surface area contributed by atoms with Crippen LogP contribution in [0.4, 0.5) is 5.69 Å². The lowest BCUT2D eigenvalue weighted by Gasteiger charge is -2.22. The molecule has 1 N–H and O–H groups in total. The SMILES string of the molecule is CC(=O)N(CCC1=CCCCC1)CC(=O)Nc1ccc(Cl)cc1C. The largest absolute Gasteiger partial charge is 0.333 e. The molecule has 130 valence electrons. The standard InChI is InChI=1S/C19H25ClN2O2/c1-14-12-17(20)8-9-18(14)21-19(24)13-22(15(2)23)11-10-16-6-4-3-5-7-16/h6,8-9,12H,3-5,7,10-11,13H2,1-2H3,(H,21,24). The van der Waals surface area contributed by atoms with Crippen molar-refractivity contribution in [2.45, 2.75) is 46.0 Å². The van der Waals surface area contributed by atoms with Crippen LogP contribution in [0.25, 0.3) is 0 Å². The van der Waals surface area contributed by atoms with Gasteiger partial charge in [-0.25, -0.2) is 0 Å². The summed E-state index contributed by atoms with van der Waals surface area (Å²) in [6, 6.07) is 5.32. The molecule has 1 aliphatic carbocycles. The lowest BCUT2D eigenvalue weighted by Crippen LogP contribution is -2.37. The molecule has 0 unspecified atom stereocenters. The van der Waals surface area contributed by atoms with Crippen LogP contribution in [-0.4, -0.2) is 29.8 Å². The molecule has 2 amide bonds. The maximum Gasteiger partial charge on any atom is 0.244 e. The number of amides is 2. The number of carbonyl (C=O) groups is 2. The highest BCUT2D eigenvalue weighted by Gasteiger charge is 2.15. The van der Waals surface area contributed by atoms with Crippen LogP contribution in [0.3, 0.4) is 0 Å². The van der Waals surface area contributed by atoms with Gasteiger partial charge in [0.05, 0.1) is 6.54 Å². The fourth-order valence-electron chi connectivity index (χ4n) is 2.89. The molecule has 1 aromatic rings. The quantitative estimate of drug-likeness (QED) is 0.778. The van der Waals surface area contributed by atoms with E-state index in [4.69, 9.17) is 11.6 Å². The molecule has 1 aliphatic rings. The normalized spacial score (nSPS) is 14.0. The molecule has 0 aromatic heterocycles. The first kappa shape index (κ1) is 18.5. The molecule has 0 saturated heterocycles. The summed E-state index contributed by atoms with van der Waals surface area (Å²) < 4.78 is 0. The third-order valence-corrected chi connectivity index (χ3v) is 4.57. The molecule has 0 aliphatic heterocycles. The van der Waals surface area contributed by atoms with Crippen molar-refractivity contribution in [2.75, 3.05) is 18.4 Å². The van der Waals surface area contributed by atoms with Gasteiger partial charge in [0, 0.05) is 24.2 Å². The summed E-state index contributed by atoms with van der Waals surface area (Å²) in [7, 11) is 0. The Morgan fingerprint density at radius 3 is 2.71 bits per heavy atom. The zero-order valence-electron chi connectivity index (χ0n) is 14.4. The van der Waals surface area contributed by atoms with Crippen molar-refractivity contribution in [3.05, 3.63) is 40.4 Å². The molecular formula is C19H25ClN2O2. The van der Waals surface area contributed by atoms with Crippen molar-refractivity contribution in [1.82, 2.24) is 4.90 Å². The number of benzene rings is 1. The monoisotopic (exact) mass is 348 g/mol. The first-order valence-corrected chi connectivity index (χ1v) is 8.83. The van der Waals surface area contributed by atoms with E-state index < -0.39 is 0 Å². The van der Waals surface area contributed by atoms with Crippen molar-refractivity contribution in [1.29, 1.82) is 0 Å². The predicted molar refractivity (Wildman–Crippen MR) is 98.2 cm³/mol. The fraction of sp³-hybridized carbons (Fsp3) is 0.474. The molecule has 1 aromatic carbocycles. The van der Waals surface area contributed by atoms with Crippen molar-refractivity contribution in [2.24, 2.45) is 0 Å². The Morgan fingerprint density at radius 1 is 1.29 bits per heavy atom. The summed E-state index contributed by atoms with van der Waals surface area (Å²) in [5, 5.41) is 3.49. The molecular weight excluding hydrogens is 324 g/mol. The van der Waals surface area contributed by atoms with Gasteiger partial charge in [-0.05, 0) is 62.8 Å². The van der Waals surface area contributed by atoms with Crippen LogP contribution in [0.1, 0.15) is 44.6 Å². The number of hydrogen-bond donors (Lipinski definition) is 1. The summed E-state index contributed by atoms with van der Waals surface area (Å²) in [4.78, 5) is 25.7. The number of allylic oxidation sites excluding steroid dienone is 1. The zero-order chi connectivity index (χ0) is 17.5. The number of carbonyl (C=O) groups excluding carboxylic acids is 2. The van der Waals surface area contributed by atoms with Crippen LogP contribution in [0.15, 0.2) is 29.8 Å². The highest BCUT2D eigenvalue weighted by atomic mass is 35.5. The van der Waals surface area contributed by atoms with E-state index in [0.717, 1.165) is 30.5 Å². The molecule has 0 heterocycles. The first-order chi connectivity index (χ1) is 11.5. The molecule has 5 heteroatoms. The van der Waals surface area contributed by atoms with E-state index in [1.807, 2.05) is 6.92 Å². The van der Waals surface area contributed by atoms with Gasteiger partial charge in [-0.1, -0.05) is 23.3 Å². The number of nitrogens with zero attached hydrogens (tertiary/aromatic N) is 1. The van der Waals surface area contributed by atoms with Crippen molar-refractivity contribution in [3.63, 3.8) is 0 Å². The smallest absolute Gasteiger partial charge is 0.244 e. The molecule has 0 spiro atoms. The van der Waals surface area contributed by atoms with E-state index >= 15 is 0 Å². The second kappa shape index (κ2) is 8.88. The van der Waals surface area contributed by atoms with Gasteiger partial charge in [-0.2, -0.15) is 0 Å². The molecule has 4 nitrogen and oxygen atoms in total. The van der Waals surface area contributed by atoms with E-state index in [9.17, 15) is 9.59 Å². The number of rotatable bonds is 6. The summed E-state index contributed by atoms with van der Waals surface area (Å²) >= 11 is 5.92. The summed E-state index contributed by atoms with van der Waals surface area (Å²) in [5.41, 5.74) is 3.03. The topological polar surface area (TPSA) is 49.4 Å². The van der Waals surface area contributed by atoms with Crippen LogP contribution in [-0.2, 0) is 9.59 Å². The average molecular weight is 349 g/mol. The number of anilines is 1. The number of aryl methyl sites for hydroxylation is 1. The van der Waals surface area contributed by atoms with Gasteiger partial charge in [-0.3, -0.25) is 9.59 Å². The second-order valence-corrected chi connectivity index (χ2v) is 6.74. The van der Waals surface area contributed by atoms with Gasteiger partial charge in [0.2, 0.25) is 11.8 Å². The Kier molecular flexibility index (Phi) is 6.85. The lowest BCUT2D eigenvalue weighted by molar-refractivity contribution is -0.132. The third-order valence-electron chi connectivity index (χ3n) is 4.33. The van der Waals surface area contributed by atoms with E-state index in [1.165, 1.54) is 25.3 Å². The van der Waals surface area contributed by atoms with Crippen molar-refractivity contribution >= 4 is 29.1 Å². The van der Waals surface area contributed by atoms with Gasteiger partial charge in [0.25, 0.3) is 0 Å². The number of hydrogen-bond acceptors (Lipinski definition) is 2. The molecule has 0 atom stereocenters. The minimum Gasteiger partial charge on any atom is -0.333 e. The number of halogens is 1. The fourth-order valence-corrected chi connectivity index (χ4v) is 3.12. The Morgan fingerprint density at radius 2 is 2.08 bits per heavy atom. The molecule has 0 saturated carbocycles. The van der Waals surface area contributed by atoms with Gasteiger partial charge in [0.15, 0.2) is 0 Å². The average Bonchev–Trinajstić information content (AvgIpc) is 2.55. The lowest BCUT2D eigenvalue weighted by atomic mass is 9.97.